The number of piperidine rings is 2. The van der Waals surface area contributed by atoms with Crippen molar-refractivity contribution < 1.29 is 19.1 Å². The zero-order valence-electron chi connectivity index (χ0n) is 15.5. The van der Waals surface area contributed by atoms with E-state index >= 15 is 0 Å². The van der Waals surface area contributed by atoms with Crippen molar-refractivity contribution in [1.82, 2.24) is 9.80 Å². The topological polar surface area (TPSA) is 59.1 Å². The highest BCUT2D eigenvalue weighted by atomic mass is 16.6. The number of carbonyl (C=O) groups excluding carboxylic acids is 2. The van der Waals surface area contributed by atoms with Gasteiger partial charge in [0.15, 0.2) is 0 Å². The summed E-state index contributed by atoms with van der Waals surface area (Å²) in [6, 6.07) is 0.169. The summed E-state index contributed by atoms with van der Waals surface area (Å²) in [5.41, 5.74) is -0.528. The first-order valence-corrected chi connectivity index (χ1v) is 9.20. The highest BCUT2D eigenvalue weighted by Crippen LogP contribution is 2.27. The lowest BCUT2D eigenvalue weighted by atomic mass is 9.89. The molecule has 2 fully saturated rings. The SMILES string of the molecule is CCOC(=O)C1CN(C(=O)OC(C)(C)C)CCC1N1CCCCC1. The highest BCUT2D eigenvalue weighted by Gasteiger charge is 2.41. The quantitative estimate of drug-likeness (QED) is 0.739. The summed E-state index contributed by atoms with van der Waals surface area (Å²) in [5, 5.41) is 0. The number of esters is 1. The van der Waals surface area contributed by atoms with Crippen molar-refractivity contribution in [3.63, 3.8) is 0 Å². The Morgan fingerprint density at radius 3 is 2.33 bits per heavy atom. The Hall–Kier alpha value is -1.30. The molecule has 0 aromatic heterocycles. The fourth-order valence-corrected chi connectivity index (χ4v) is 3.60. The molecule has 0 aromatic carbocycles. The van der Waals surface area contributed by atoms with Gasteiger partial charge in [-0.2, -0.15) is 0 Å². The van der Waals surface area contributed by atoms with Gasteiger partial charge >= 0.3 is 12.1 Å². The van der Waals surface area contributed by atoms with Crippen LogP contribution in [0.25, 0.3) is 0 Å². The molecule has 138 valence electrons. The van der Waals surface area contributed by atoms with Gasteiger partial charge in [0.05, 0.1) is 12.5 Å². The minimum absolute atomic E-state index is 0.169. The fraction of sp³-hybridized carbons (Fsp3) is 0.889. The van der Waals surface area contributed by atoms with Crippen molar-refractivity contribution in [2.24, 2.45) is 5.92 Å². The van der Waals surface area contributed by atoms with E-state index in [2.05, 4.69) is 4.90 Å². The Bertz CT molecular complexity index is 441. The van der Waals surface area contributed by atoms with Crippen LogP contribution in [-0.2, 0) is 14.3 Å². The maximum atomic E-state index is 12.5. The molecular formula is C18H32N2O4. The third kappa shape index (κ3) is 5.10. The first kappa shape index (κ1) is 19.0. The number of carbonyl (C=O) groups is 2. The van der Waals surface area contributed by atoms with Crippen LogP contribution >= 0.6 is 0 Å². The third-order valence-corrected chi connectivity index (χ3v) is 4.68. The first-order valence-electron chi connectivity index (χ1n) is 9.20. The van der Waals surface area contributed by atoms with E-state index in [1.807, 2.05) is 27.7 Å². The molecule has 0 bridgehead atoms. The van der Waals surface area contributed by atoms with E-state index in [9.17, 15) is 9.59 Å². The summed E-state index contributed by atoms with van der Waals surface area (Å²) in [7, 11) is 0. The molecular weight excluding hydrogens is 308 g/mol. The highest BCUT2D eigenvalue weighted by molar-refractivity contribution is 5.75. The molecule has 1 amide bonds. The summed E-state index contributed by atoms with van der Waals surface area (Å²) in [6.45, 7) is 10.8. The van der Waals surface area contributed by atoms with E-state index in [4.69, 9.17) is 9.47 Å². The van der Waals surface area contributed by atoms with Gasteiger partial charge in [-0.1, -0.05) is 6.42 Å². The molecule has 2 atom stereocenters. The van der Waals surface area contributed by atoms with Crippen molar-refractivity contribution in [1.29, 1.82) is 0 Å². The van der Waals surface area contributed by atoms with E-state index in [1.54, 1.807) is 4.90 Å². The second-order valence-corrected chi connectivity index (χ2v) is 7.74. The molecule has 6 nitrogen and oxygen atoms in total. The molecule has 2 saturated heterocycles. The summed E-state index contributed by atoms with van der Waals surface area (Å²) >= 11 is 0. The van der Waals surface area contributed by atoms with Gasteiger partial charge in [-0.3, -0.25) is 9.69 Å². The summed E-state index contributed by atoms with van der Waals surface area (Å²) in [6.07, 6.45) is 4.08. The number of hydrogen-bond donors (Lipinski definition) is 0. The van der Waals surface area contributed by atoms with Gasteiger partial charge in [-0.25, -0.2) is 4.79 Å². The van der Waals surface area contributed by atoms with Crippen LogP contribution in [-0.4, -0.2) is 66.3 Å². The van der Waals surface area contributed by atoms with Gasteiger partial charge in [0.2, 0.25) is 0 Å². The summed E-state index contributed by atoms with van der Waals surface area (Å²) in [4.78, 5) is 28.9. The molecule has 0 aromatic rings. The Morgan fingerprint density at radius 1 is 1.08 bits per heavy atom. The van der Waals surface area contributed by atoms with Gasteiger partial charge in [-0.05, 0) is 60.0 Å². The van der Waals surface area contributed by atoms with Crippen molar-refractivity contribution in [3.8, 4) is 0 Å². The lowest BCUT2D eigenvalue weighted by Crippen LogP contribution is -2.56. The van der Waals surface area contributed by atoms with Crippen LogP contribution in [0.4, 0.5) is 4.79 Å². The fourth-order valence-electron chi connectivity index (χ4n) is 3.60. The Labute approximate surface area is 145 Å². The summed E-state index contributed by atoms with van der Waals surface area (Å²) < 4.78 is 10.8. The second kappa shape index (κ2) is 8.19. The zero-order chi connectivity index (χ0) is 17.7. The van der Waals surface area contributed by atoms with E-state index in [0.29, 0.717) is 19.7 Å². The predicted molar refractivity (Wildman–Crippen MR) is 91.8 cm³/mol. The van der Waals surface area contributed by atoms with Gasteiger partial charge in [0, 0.05) is 19.1 Å². The lowest BCUT2D eigenvalue weighted by Gasteiger charge is -2.44. The second-order valence-electron chi connectivity index (χ2n) is 7.74. The molecule has 2 heterocycles. The maximum absolute atomic E-state index is 12.5. The molecule has 0 aliphatic carbocycles. The largest absolute Gasteiger partial charge is 0.466 e. The third-order valence-electron chi connectivity index (χ3n) is 4.68. The van der Waals surface area contributed by atoms with Crippen molar-refractivity contribution in [2.45, 2.75) is 65.0 Å². The maximum Gasteiger partial charge on any atom is 0.410 e. The Kier molecular flexibility index (Phi) is 6.49. The standard InChI is InChI=1S/C18H32N2O4/c1-5-23-16(21)14-13-20(17(22)24-18(2,3)4)12-9-15(14)19-10-7-6-8-11-19/h14-15H,5-13H2,1-4H3. The van der Waals surface area contributed by atoms with E-state index < -0.39 is 5.60 Å². The monoisotopic (exact) mass is 340 g/mol. The molecule has 2 unspecified atom stereocenters. The summed E-state index contributed by atoms with van der Waals surface area (Å²) in [5.74, 6) is -0.481. The van der Waals surface area contributed by atoms with Crippen molar-refractivity contribution >= 4 is 12.1 Å². The van der Waals surface area contributed by atoms with Crippen LogP contribution < -0.4 is 0 Å². The van der Waals surface area contributed by atoms with Gasteiger partial charge in [0.25, 0.3) is 0 Å². The minimum atomic E-state index is -0.528. The Balaban J connectivity index is 2.06. The van der Waals surface area contributed by atoms with Crippen molar-refractivity contribution in [3.05, 3.63) is 0 Å². The molecule has 0 N–H and O–H groups in total. The number of rotatable bonds is 3. The van der Waals surface area contributed by atoms with Crippen LogP contribution in [0.1, 0.15) is 53.4 Å². The van der Waals surface area contributed by atoms with Gasteiger partial charge < -0.3 is 14.4 Å². The molecule has 2 aliphatic rings. The zero-order valence-corrected chi connectivity index (χ0v) is 15.5. The molecule has 0 saturated carbocycles. The smallest absolute Gasteiger partial charge is 0.410 e. The van der Waals surface area contributed by atoms with Crippen molar-refractivity contribution in [2.75, 3.05) is 32.8 Å². The van der Waals surface area contributed by atoms with Crippen LogP contribution in [0.2, 0.25) is 0 Å². The molecule has 2 aliphatic heterocycles. The Morgan fingerprint density at radius 2 is 1.75 bits per heavy atom. The average Bonchev–Trinajstić information content (AvgIpc) is 2.54. The average molecular weight is 340 g/mol. The predicted octanol–water partition coefficient (Wildman–Crippen LogP) is 2.66. The molecule has 0 spiro atoms. The number of hydrogen-bond acceptors (Lipinski definition) is 5. The number of nitrogens with zero attached hydrogens (tertiary/aromatic N) is 2. The van der Waals surface area contributed by atoms with E-state index in [-0.39, 0.29) is 24.0 Å². The van der Waals surface area contributed by atoms with Crippen LogP contribution in [0.5, 0.6) is 0 Å². The lowest BCUT2D eigenvalue weighted by molar-refractivity contribution is -0.153. The molecule has 6 heteroatoms. The van der Waals surface area contributed by atoms with Crippen LogP contribution in [0.15, 0.2) is 0 Å². The molecule has 0 radical (unpaired) electrons. The molecule has 24 heavy (non-hydrogen) atoms. The van der Waals surface area contributed by atoms with Crippen LogP contribution in [0, 0.1) is 5.92 Å². The normalized spacial score (nSPS) is 26.1. The number of ether oxygens (including phenoxy) is 2. The number of amides is 1. The van der Waals surface area contributed by atoms with Crippen LogP contribution in [0.3, 0.4) is 0 Å². The van der Waals surface area contributed by atoms with Gasteiger partial charge in [-0.15, -0.1) is 0 Å². The molecule has 2 rings (SSSR count). The van der Waals surface area contributed by atoms with E-state index in [0.717, 1.165) is 19.5 Å². The number of likely N-dealkylation sites (tertiary alicyclic amines) is 2. The first-order chi connectivity index (χ1) is 11.3. The van der Waals surface area contributed by atoms with E-state index in [1.165, 1.54) is 19.3 Å². The van der Waals surface area contributed by atoms with Gasteiger partial charge in [0.1, 0.15) is 5.60 Å². The minimum Gasteiger partial charge on any atom is -0.466 e.